The van der Waals surface area contributed by atoms with Gasteiger partial charge in [0.2, 0.25) is 15.9 Å². The summed E-state index contributed by atoms with van der Waals surface area (Å²) in [6.45, 7) is 4.40. The molecule has 1 saturated heterocycles. The summed E-state index contributed by atoms with van der Waals surface area (Å²) < 4.78 is 32.1. The summed E-state index contributed by atoms with van der Waals surface area (Å²) in [5.74, 6) is -0.875. The first-order valence-corrected chi connectivity index (χ1v) is 9.75. The Labute approximate surface area is 148 Å². The smallest absolute Gasteiger partial charge is 0.337 e. The number of amides is 1. The monoisotopic (exact) mass is 368 g/mol. The van der Waals surface area contributed by atoms with Crippen LogP contribution in [0.25, 0.3) is 0 Å². The van der Waals surface area contributed by atoms with Gasteiger partial charge in [0.15, 0.2) is 0 Å². The summed E-state index contributed by atoms with van der Waals surface area (Å²) in [5, 5.41) is 2.76. The fourth-order valence-electron chi connectivity index (χ4n) is 2.91. The van der Waals surface area contributed by atoms with Crippen molar-refractivity contribution in [2.24, 2.45) is 0 Å². The molecule has 1 fully saturated rings. The van der Waals surface area contributed by atoms with E-state index in [1.807, 2.05) is 6.92 Å². The molecule has 1 unspecified atom stereocenters. The highest BCUT2D eigenvalue weighted by Crippen LogP contribution is 2.28. The van der Waals surface area contributed by atoms with Crippen molar-refractivity contribution in [3.8, 4) is 0 Å². The van der Waals surface area contributed by atoms with E-state index in [-0.39, 0.29) is 22.9 Å². The first kappa shape index (κ1) is 19.4. The Kier molecular flexibility index (Phi) is 6.18. The van der Waals surface area contributed by atoms with Crippen LogP contribution in [0.1, 0.15) is 42.1 Å². The van der Waals surface area contributed by atoms with Gasteiger partial charge in [-0.25, -0.2) is 13.2 Å². The Balaban J connectivity index is 2.37. The zero-order valence-electron chi connectivity index (χ0n) is 14.7. The molecule has 0 spiro atoms. The summed E-state index contributed by atoms with van der Waals surface area (Å²) in [5.41, 5.74) is 0.685. The molecule has 2 rings (SSSR count). The summed E-state index contributed by atoms with van der Waals surface area (Å²) in [6.07, 6.45) is 1.90. The van der Waals surface area contributed by atoms with Crippen LogP contribution >= 0.6 is 0 Å². The van der Waals surface area contributed by atoms with Crippen LogP contribution in [0.4, 0.5) is 0 Å². The number of esters is 1. The van der Waals surface area contributed by atoms with E-state index in [2.05, 4.69) is 10.1 Å². The minimum absolute atomic E-state index is 0.0330. The molecule has 1 aromatic carbocycles. The van der Waals surface area contributed by atoms with E-state index < -0.39 is 22.0 Å². The molecule has 0 bridgehead atoms. The van der Waals surface area contributed by atoms with E-state index in [9.17, 15) is 18.0 Å². The number of nitrogens with zero attached hydrogens (tertiary/aromatic N) is 1. The van der Waals surface area contributed by atoms with Gasteiger partial charge >= 0.3 is 5.97 Å². The molecular weight excluding hydrogens is 344 g/mol. The highest BCUT2D eigenvalue weighted by atomic mass is 32.2. The normalized spacial score (nSPS) is 18.1. The van der Waals surface area contributed by atoms with E-state index in [1.165, 1.54) is 23.5 Å². The molecule has 8 heteroatoms. The lowest BCUT2D eigenvalue weighted by Crippen LogP contribution is -2.46. The molecule has 1 N–H and O–H groups in total. The van der Waals surface area contributed by atoms with Gasteiger partial charge in [-0.15, -0.1) is 0 Å². The number of carbonyl (C=O) groups excluding carboxylic acids is 2. The number of aryl methyl sites for hydroxylation is 1. The van der Waals surface area contributed by atoms with Crippen LogP contribution in [0.3, 0.4) is 0 Å². The minimum Gasteiger partial charge on any atom is -0.465 e. The first-order valence-electron chi connectivity index (χ1n) is 8.31. The van der Waals surface area contributed by atoms with Crippen LogP contribution in [0.15, 0.2) is 23.1 Å². The molecule has 1 heterocycles. The van der Waals surface area contributed by atoms with Crippen LogP contribution in [0, 0.1) is 6.92 Å². The number of sulfonamides is 1. The van der Waals surface area contributed by atoms with E-state index in [1.54, 1.807) is 13.0 Å². The van der Waals surface area contributed by atoms with Crippen molar-refractivity contribution in [3.05, 3.63) is 29.3 Å². The molecule has 0 aliphatic carbocycles. The number of rotatable bonds is 6. The van der Waals surface area contributed by atoms with Crippen molar-refractivity contribution in [2.75, 3.05) is 20.2 Å². The zero-order chi connectivity index (χ0) is 18.6. The average molecular weight is 368 g/mol. The molecule has 1 atom stereocenters. The van der Waals surface area contributed by atoms with Gasteiger partial charge in [-0.1, -0.05) is 13.0 Å². The van der Waals surface area contributed by atoms with Crippen LogP contribution in [-0.2, 0) is 19.6 Å². The molecule has 1 amide bonds. The van der Waals surface area contributed by atoms with Crippen molar-refractivity contribution in [1.82, 2.24) is 9.62 Å². The van der Waals surface area contributed by atoms with Crippen LogP contribution in [0.2, 0.25) is 0 Å². The third-order valence-electron chi connectivity index (χ3n) is 4.25. The van der Waals surface area contributed by atoms with Crippen molar-refractivity contribution >= 4 is 21.9 Å². The van der Waals surface area contributed by atoms with E-state index in [0.29, 0.717) is 24.9 Å². The van der Waals surface area contributed by atoms with Crippen molar-refractivity contribution in [1.29, 1.82) is 0 Å². The second kappa shape index (κ2) is 7.97. The predicted octanol–water partition coefficient (Wildman–Crippen LogP) is 1.46. The minimum atomic E-state index is -3.89. The Morgan fingerprint density at radius 2 is 2.08 bits per heavy atom. The Morgan fingerprint density at radius 1 is 1.36 bits per heavy atom. The lowest BCUT2D eigenvalue weighted by Gasteiger charge is -2.24. The molecule has 1 aliphatic rings. The maximum atomic E-state index is 13.1. The van der Waals surface area contributed by atoms with Gasteiger partial charge in [-0.3, -0.25) is 4.79 Å². The predicted molar refractivity (Wildman–Crippen MR) is 92.7 cm³/mol. The van der Waals surface area contributed by atoms with E-state index in [0.717, 1.165) is 6.42 Å². The van der Waals surface area contributed by atoms with Gasteiger partial charge < -0.3 is 10.1 Å². The van der Waals surface area contributed by atoms with Crippen molar-refractivity contribution in [3.63, 3.8) is 0 Å². The van der Waals surface area contributed by atoms with Gasteiger partial charge in [0, 0.05) is 13.1 Å². The van der Waals surface area contributed by atoms with Gasteiger partial charge in [0.05, 0.1) is 17.6 Å². The second-order valence-electron chi connectivity index (χ2n) is 6.04. The molecule has 0 saturated carbocycles. The van der Waals surface area contributed by atoms with Gasteiger partial charge in [-0.05, 0) is 43.9 Å². The summed E-state index contributed by atoms with van der Waals surface area (Å²) in [4.78, 5) is 24.1. The molecule has 7 nitrogen and oxygen atoms in total. The molecule has 1 aromatic rings. The summed E-state index contributed by atoms with van der Waals surface area (Å²) in [7, 11) is -2.65. The molecular formula is C17H24N2O5S. The van der Waals surface area contributed by atoms with Crippen LogP contribution in [-0.4, -0.2) is 50.8 Å². The molecule has 0 aromatic heterocycles. The number of nitrogens with one attached hydrogen (secondary N) is 1. The average Bonchev–Trinajstić information content (AvgIpc) is 3.10. The molecule has 25 heavy (non-hydrogen) atoms. The topological polar surface area (TPSA) is 92.8 Å². The van der Waals surface area contributed by atoms with E-state index >= 15 is 0 Å². The molecule has 1 aliphatic heterocycles. The summed E-state index contributed by atoms with van der Waals surface area (Å²) >= 11 is 0. The lowest BCUT2D eigenvalue weighted by molar-refractivity contribution is -0.124. The highest BCUT2D eigenvalue weighted by molar-refractivity contribution is 7.89. The fraction of sp³-hybridized carbons (Fsp3) is 0.529. The second-order valence-corrected chi connectivity index (χ2v) is 7.90. The largest absolute Gasteiger partial charge is 0.465 e. The van der Waals surface area contributed by atoms with Gasteiger partial charge in [-0.2, -0.15) is 4.31 Å². The van der Waals surface area contributed by atoms with E-state index in [4.69, 9.17) is 0 Å². The Hall–Kier alpha value is -1.93. The number of benzene rings is 1. The number of carbonyl (C=O) groups is 2. The highest BCUT2D eigenvalue weighted by Gasteiger charge is 2.40. The van der Waals surface area contributed by atoms with Gasteiger partial charge in [0.25, 0.3) is 0 Å². The quantitative estimate of drug-likeness (QED) is 0.768. The summed E-state index contributed by atoms with van der Waals surface area (Å²) in [6, 6.07) is 3.70. The number of ether oxygens (including phenoxy) is 1. The Bertz CT molecular complexity index is 760. The zero-order valence-corrected chi connectivity index (χ0v) is 15.6. The van der Waals surface area contributed by atoms with Crippen molar-refractivity contribution < 1.29 is 22.7 Å². The Morgan fingerprint density at radius 3 is 2.72 bits per heavy atom. The third-order valence-corrected chi connectivity index (χ3v) is 6.30. The van der Waals surface area contributed by atoms with Gasteiger partial charge in [0.1, 0.15) is 6.04 Å². The fourth-order valence-corrected chi connectivity index (χ4v) is 4.81. The SMILES string of the molecule is CCCNC(=O)C1CCCN1S(=O)(=O)c1cc(C(=O)OC)ccc1C. The standard InChI is InChI=1S/C17H24N2O5S/c1-4-9-18-16(20)14-6-5-10-19(14)25(22,23)15-11-13(17(21)24-3)8-7-12(15)2/h7-8,11,14H,4-6,9-10H2,1-3H3,(H,18,20). The third kappa shape index (κ3) is 4.01. The first-order chi connectivity index (χ1) is 11.8. The maximum Gasteiger partial charge on any atom is 0.337 e. The maximum absolute atomic E-state index is 13.1. The number of methoxy groups -OCH3 is 1. The van der Waals surface area contributed by atoms with Crippen LogP contribution in [0.5, 0.6) is 0 Å². The molecule has 138 valence electrons. The lowest BCUT2D eigenvalue weighted by atomic mass is 10.1. The number of hydrogen-bond donors (Lipinski definition) is 1. The number of hydrogen-bond acceptors (Lipinski definition) is 5. The van der Waals surface area contributed by atoms with Crippen molar-refractivity contribution in [2.45, 2.75) is 44.0 Å². The van der Waals surface area contributed by atoms with Crippen LogP contribution < -0.4 is 5.32 Å². The molecule has 0 radical (unpaired) electrons.